The van der Waals surface area contributed by atoms with Crippen LogP contribution in [0.25, 0.3) is 17.0 Å². The molecular formula is C23H19FN2O2. The summed E-state index contributed by atoms with van der Waals surface area (Å²) in [5, 5.41) is 0.826. The lowest BCUT2D eigenvalue weighted by Gasteiger charge is -2.15. The van der Waals surface area contributed by atoms with Crippen molar-refractivity contribution in [1.29, 1.82) is 0 Å². The average Bonchev–Trinajstić information content (AvgIpc) is 2.95. The third-order valence-corrected chi connectivity index (χ3v) is 4.89. The minimum Gasteiger partial charge on any atom is -0.274 e. The molecule has 0 atom stereocenters. The monoisotopic (exact) mass is 374 g/mol. The van der Waals surface area contributed by atoms with E-state index in [1.54, 1.807) is 30.3 Å². The van der Waals surface area contributed by atoms with E-state index in [1.807, 2.05) is 25.1 Å². The van der Waals surface area contributed by atoms with E-state index < -0.39 is 0 Å². The maximum atomic E-state index is 13.5. The van der Waals surface area contributed by atoms with E-state index in [0.717, 1.165) is 23.1 Å². The number of pyridine rings is 1. The van der Waals surface area contributed by atoms with Crippen molar-refractivity contribution < 1.29 is 14.0 Å². The molecule has 5 heteroatoms. The number of amides is 2. The highest BCUT2D eigenvalue weighted by molar-refractivity contribution is 6.21. The summed E-state index contributed by atoms with van der Waals surface area (Å²) in [4.78, 5) is 31.0. The molecule has 140 valence electrons. The fourth-order valence-electron chi connectivity index (χ4n) is 3.45. The number of benzene rings is 2. The lowest BCUT2D eigenvalue weighted by Crippen LogP contribution is -2.31. The van der Waals surface area contributed by atoms with Crippen LogP contribution in [-0.2, 0) is 6.42 Å². The van der Waals surface area contributed by atoms with Crippen LogP contribution >= 0.6 is 0 Å². The highest BCUT2D eigenvalue weighted by Gasteiger charge is 2.34. The van der Waals surface area contributed by atoms with E-state index in [1.165, 1.54) is 17.0 Å². The van der Waals surface area contributed by atoms with E-state index in [-0.39, 0.29) is 24.2 Å². The fourth-order valence-corrected chi connectivity index (χ4v) is 3.45. The Labute approximate surface area is 162 Å². The van der Waals surface area contributed by atoms with Crippen LogP contribution in [0.1, 0.15) is 45.3 Å². The van der Waals surface area contributed by atoms with Crippen LogP contribution in [0.2, 0.25) is 0 Å². The Kier molecular flexibility index (Phi) is 4.74. The Bertz CT molecular complexity index is 1090. The summed E-state index contributed by atoms with van der Waals surface area (Å²) < 4.78 is 13.5. The van der Waals surface area contributed by atoms with Crippen LogP contribution in [0.4, 0.5) is 4.39 Å². The Morgan fingerprint density at radius 3 is 2.43 bits per heavy atom. The van der Waals surface area contributed by atoms with Crippen LogP contribution < -0.4 is 0 Å². The van der Waals surface area contributed by atoms with Gasteiger partial charge in [0.05, 0.1) is 22.3 Å². The van der Waals surface area contributed by atoms with E-state index in [2.05, 4.69) is 4.98 Å². The molecule has 0 saturated carbocycles. The SMILES string of the molecule is CCC=Cc1nc2cc(F)ccc2cc1CCN1C(=O)c2ccccc2C1=O. The van der Waals surface area contributed by atoms with E-state index >= 15 is 0 Å². The van der Waals surface area contributed by atoms with Crippen molar-refractivity contribution in [3.05, 3.63) is 82.8 Å². The molecule has 0 saturated heterocycles. The van der Waals surface area contributed by atoms with Gasteiger partial charge in [0.2, 0.25) is 0 Å². The number of allylic oxidation sites excluding steroid dienone is 1. The maximum Gasteiger partial charge on any atom is 0.261 e. The zero-order chi connectivity index (χ0) is 19.7. The predicted molar refractivity (Wildman–Crippen MR) is 107 cm³/mol. The summed E-state index contributed by atoms with van der Waals surface area (Å²) in [5.74, 6) is -0.853. The van der Waals surface area contributed by atoms with Gasteiger partial charge in [0.15, 0.2) is 0 Å². The Morgan fingerprint density at radius 1 is 1.04 bits per heavy atom. The molecule has 28 heavy (non-hydrogen) atoms. The molecule has 1 aliphatic rings. The first kappa shape index (κ1) is 18.0. The van der Waals surface area contributed by atoms with E-state index in [4.69, 9.17) is 0 Å². The molecule has 0 aliphatic carbocycles. The first-order valence-corrected chi connectivity index (χ1v) is 9.29. The van der Waals surface area contributed by atoms with Crippen molar-refractivity contribution in [3.8, 4) is 0 Å². The van der Waals surface area contributed by atoms with Crippen LogP contribution in [0.15, 0.2) is 54.6 Å². The highest BCUT2D eigenvalue weighted by Crippen LogP contribution is 2.24. The zero-order valence-corrected chi connectivity index (χ0v) is 15.5. The standard InChI is InChI=1S/C23H19FN2O2/c1-2-3-8-20-16(13-15-9-10-17(24)14-21(15)25-20)11-12-26-22(27)18-6-4-5-7-19(18)23(26)28/h3-10,13-14H,2,11-12H2,1H3. The van der Waals surface area contributed by atoms with Gasteiger partial charge in [-0.2, -0.15) is 0 Å². The molecule has 3 aromatic rings. The van der Waals surface area contributed by atoms with Gasteiger partial charge < -0.3 is 0 Å². The number of aromatic nitrogens is 1. The molecule has 0 radical (unpaired) electrons. The molecular weight excluding hydrogens is 355 g/mol. The van der Waals surface area contributed by atoms with Crippen LogP contribution in [0, 0.1) is 5.82 Å². The third kappa shape index (κ3) is 3.20. The quantitative estimate of drug-likeness (QED) is 0.612. The number of nitrogens with zero attached hydrogens (tertiary/aromatic N) is 2. The van der Waals surface area contributed by atoms with Gasteiger partial charge in [-0.05, 0) is 54.8 Å². The van der Waals surface area contributed by atoms with Gasteiger partial charge in [-0.25, -0.2) is 9.37 Å². The predicted octanol–water partition coefficient (Wildman–Crippen LogP) is 4.64. The summed E-state index contributed by atoms with van der Waals surface area (Å²) >= 11 is 0. The fraction of sp³-hybridized carbons (Fsp3) is 0.174. The molecule has 1 aliphatic heterocycles. The summed E-state index contributed by atoms with van der Waals surface area (Å²) in [7, 11) is 0. The van der Waals surface area contributed by atoms with Gasteiger partial charge in [-0.1, -0.05) is 25.1 Å². The van der Waals surface area contributed by atoms with Gasteiger partial charge in [0.1, 0.15) is 5.82 Å². The Hall–Kier alpha value is -3.34. The molecule has 4 nitrogen and oxygen atoms in total. The van der Waals surface area contributed by atoms with Gasteiger partial charge in [-0.3, -0.25) is 14.5 Å². The van der Waals surface area contributed by atoms with Crippen molar-refractivity contribution in [2.45, 2.75) is 19.8 Å². The second-order valence-corrected chi connectivity index (χ2v) is 6.74. The molecule has 0 N–H and O–H groups in total. The molecule has 0 fully saturated rings. The summed E-state index contributed by atoms with van der Waals surface area (Å²) in [6, 6.07) is 13.3. The third-order valence-electron chi connectivity index (χ3n) is 4.89. The molecule has 1 aromatic heterocycles. The van der Waals surface area contributed by atoms with E-state index in [9.17, 15) is 14.0 Å². The summed E-state index contributed by atoms with van der Waals surface area (Å²) in [6.45, 7) is 2.30. The molecule has 2 aromatic carbocycles. The second-order valence-electron chi connectivity index (χ2n) is 6.74. The number of hydrogen-bond donors (Lipinski definition) is 0. The molecule has 4 rings (SSSR count). The van der Waals surface area contributed by atoms with Crippen LogP contribution in [0.5, 0.6) is 0 Å². The van der Waals surface area contributed by atoms with Gasteiger partial charge in [-0.15, -0.1) is 0 Å². The van der Waals surface area contributed by atoms with Crippen LogP contribution in [-0.4, -0.2) is 28.2 Å². The van der Waals surface area contributed by atoms with Gasteiger partial charge in [0, 0.05) is 18.0 Å². The smallest absolute Gasteiger partial charge is 0.261 e. The number of halogens is 1. The number of rotatable bonds is 5. The van der Waals surface area contributed by atoms with E-state index in [0.29, 0.717) is 23.1 Å². The van der Waals surface area contributed by atoms with Gasteiger partial charge >= 0.3 is 0 Å². The van der Waals surface area contributed by atoms with Crippen molar-refractivity contribution >= 4 is 28.8 Å². The minimum atomic E-state index is -0.329. The molecule has 2 heterocycles. The highest BCUT2D eigenvalue weighted by atomic mass is 19.1. The topological polar surface area (TPSA) is 50.3 Å². The molecule has 0 bridgehead atoms. The lowest BCUT2D eigenvalue weighted by molar-refractivity contribution is 0.0656. The number of carbonyl (C=O) groups excluding carboxylic acids is 2. The normalized spacial score (nSPS) is 13.7. The number of carbonyl (C=O) groups is 2. The maximum absolute atomic E-state index is 13.5. The first-order valence-electron chi connectivity index (χ1n) is 9.29. The largest absolute Gasteiger partial charge is 0.274 e. The molecule has 0 unspecified atom stereocenters. The summed E-state index contributed by atoms with van der Waals surface area (Å²) in [6.07, 6.45) is 5.22. The minimum absolute atomic E-state index is 0.262. The lowest BCUT2D eigenvalue weighted by atomic mass is 10.0. The molecule has 2 amide bonds. The number of hydrogen-bond acceptors (Lipinski definition) is 3. The number of imide groups is 1. The summed E-state index contributed by atoms with van der Waals surface area (Å²) in [5.41, 5.74) is 3.13. The van der Waals surface area contributed by atoms with Crippen molar-refractivity contribution in [2.75, 3.05) is 6.54 Å². The Balaban J connectivity index is 1.64. The van der Waals surface area contributed by atoms with Crippen molar-refractivity contribution in [2.24, 2.45) is 0 Å². The average molecular weight is 374 g/mol. The van der Waals surface area contributed by atoms with Gasteiger partial charge in [0.25, 0.3) is 11.8 Å². The van der Waals surface area contributed by atoms with Crippen molar-refractivity contribution in [3.63, 3.8) is 0 Å². The zero-order valence-electron chi connectivity index (χ0n) is 15.5. The Morgan fingerprint density at radius 2 is 1.75 bits per heavy atom. The van der Waals surface area contributed by atoms with Crippen molar-refractivity contribution in [1.82, 2.24) is 9.88 Å². The van der Waals surface area contributed by atoms with Crippen LogP contribution in [0.3, 0.4) is 0 Å². The number of fused-ring (bicyclic) bond motifs is 2. The first-order chi connectivity index (χ1) is 13.6. The second kappa shape index (κ2) is 7.35. The molecule has 0 spiro atoms.